The number of Topliss-reactive ketones (excluding diaryl/α,β-unsaturated/α-hetero) is 4. The first-order valence-electron chi connectivity index (χ1n) is 19.3. The van der Waals surface area contributed by atoms with Crippen LogP contribution in [0.2, 0.25) is 0 Å². The van der Waals surface area contributed by atoms with Gasteiger partial charge >= 0.3 is 0 Å². The molecule has 12 unspecified atom stereocenters. The second-order valence-electron chi connectivity index (χ2n) is 18.6. The number of carbonyl (C=O) groups is 6. The van der Waals surface area contributed by atoms with Gasteiger partial charge in [-0.15, -0.1) is 0 Å². The lowest BCUT2D eigenvalue weighted by Crippen LogP contribution is -2.64. The SMILES string of the molecule is CC1(C)C2C3C(=O)CC4C5CC(=O)C3C1C5C42.CC1(C)C2C=CC1C1C(=O)C/C=C\CC(=O)C12.CC1(C)C=CC=C1.O=C1/C=C\C(=O)C/C=C\C1. The van der Waals surface area contributed by atoms with Crippen molar-refractivity contribution in [1.29, 1.82) is 0 Å². The molecular weight excluding hydrogens is 636 g/mol. The van der Waals surface area contributed by atoms with Gasteiger partial charge in [0.1, 0.15) is 23.1 Å². The van der Waals surface area contributed by atoms with Crippen LogP contribution in [0.25, 0.3) is 0 Å². The van der Waals surface area contributed by atoms with Crippen LogP contribution >= 0.6 is 0 Å². The van der Waals surface area contributed by atoms with Crippen molar-refractivity contribution < 1.29 is 28.8 Å². The van der Waals surface area contributed by atoms with Crippen LogP contribution in [0.3, 0.4) is 0 Å². The first kappa shape index (κ1) is 35.8. The zero-order valence-electron chi connectivity index (χ0n) is 31.0. The highest BCUT2D eigenvalue weighted by atomic mass is 16.2. The summed E-state index contributed by atoms with van der Waals surface area (Å²) in [5.74, 6) is 5.93. The molecule has 0 aromatic heterocycles. The Labute approximate surface area is 303 Å². The smallest absolute Gasteiger partial charge is 0.159 e. The Balaban J connectivity index is 0.000000113. The van der Waals surface area contributed by atoms with E-state index >= 15 is 0 Å². The number of ketones is 6. The van der Waals surface area contributed by atoms with Crippen molar-refractivity contribution in [2.24, 2.45) is 87.3 Å². The normalized spacial score (nSPS) is 44.4. The number of hydrogen-bond acceptors (Lipinski definition) is 6. The highest BCUT2D eigenvalue weighted by molar-refractivity contribution is 6.00. The molecule has 270 valence electrons. The molecule has 10 aliphatic rings. The maximum Gasteiger partial charge on any atom is 0.159 e. The largest absolute Gasteiger partial charge is 0.299 e. The summed E-state index contributed by atoms with van der Waals surface area (Å²) in [5, 5.41) is 0. The van der Waals surface area contributed by atoms with Gasteiger partial charge in [-0.05, 0) is 70.3 Å². The van der Waals surface area contributed by atoms with E-state index in [4.69, 9.17) is 0 Å². The molecule has 0 aromatic carbocycles. The molecule has 6 heteroatoms. The Morgan fingerprint density at radius 1 is 0.490 bits per heavy atom. The molecule has 6 fully saturated rings. The van der Waals surface area contributed by atoms with Gasteiger partial charge in [0.25, 0.3) is 0 Å². The molecule has 0 heterocycles. The zero-order chi connectivity index (χ0) is 36.6. The van der Waals surface area contributed by atoms with Crippen molar-refractivity contribution in [2.75, 3.05) is 0 Å². The summed E-state index contributed by atoms with van der Waals surface area (Å²) in [6.45, 7) is 13.4. The Kier molecular flexibility index (Phi) is 9.03. The quantitative estimate of drug-likeness (QED) is 0.242. The minimum absolute atomic E-state index is 0.00991. The summed E-state index contributed by atoms with van der Waals surface area (Å²) in [6.07, 6.45) is 26.2. The fraction of sp³-hybridized carbons (Fsp3) is 0.600. The van der Waals surface area contributed by atoms with Crippen LogP contribution in [0.1, 0.15) is 80.1 Å². The molecule has 0 aliphatic heterocycles. The molecule has 51 heavy (non-hydrogen) atoms. The van der Waals surface area contributed by atoms with Gasteiger partial charge in [-0.1, -0.05) is 102 Å². The van der Waals surface area contributed by atoms with E-state index in [2.05, 4.69) is 78.0 Å². The molecule has 0 amide bonds. The molecule has 12 atom stereocenters. The van der Waals surface area contributed by atoms with Gasteiger partial charge < -0.3 is 0 Å². The molecule has 0 aromatic rings. The molecule has 0 saturated heterocycles. The highest BCUT2D eigenvalue weighted by Crippen LogP contribution is 2.81. The maximum absolute atomic E-state index is 12.3. The summed E-state index contributed by atoms with van der Waals surface area (Å²) in [6, 6.07) is 0. The van der Waals surface area contributed by atoms with E-state index in [0.29, 0.717) is 66.3 Å². The molecule has 0 N–H and O–H groups in total. The predicted molar refractivity (Wildman–Crippen MR) is 196 cm³/mol. The van der Waals surface area contributed by atoms with Crippen LogP contribution in [-0.2, 0) is 28.8 Å². The van der Waals surface area contributed by atoms with Crippen molar-refractivity contribution in [2.45, 2.75) is 80.1 Å². The summed E-state index contributed by atoms with van der Waals surface area (Å²) in [7, 11) is 0. The zero-order valence-corrected chi connectivity index (χ0v) is 31.0. The van der Waals surface area contributed by atoms with Crippen LogP contribution in [0.5, 0.6) is 0 Å². The Bertz CT molecular complexity index is 1610. The molecule has 4 bridgehead atoms. The Morgan fingerprint density at radius 3 is 1.25 bits per heavy atom. The predicted octanol–water partition coefficient (Wildman–Crippen LogP) is 7.65. The molecule has 0 radical (unpaired) electrons. The Morgan fingerprint density at radius 2 is 0.882 bits per heavy atom. The van der Waals surface area contributed by atoms with Crippen molar-refractivity contribution in [3.8, 4) is 0 Å². The van der Waals surface area contributed by atoms with E-state index in [-0.39, 0.29) is 69.5 Å². The standard InChI is InChI=1S/2C15H18O2.C8H8O2.C7H10/c1-15(2)13-9-5-3-7(16)11(13)12-8(17)4-6(5)10(9)14(12)15;1-15(2)9-7-8-10(15)14-12(17)6-4-3-5-11(16)13(9)14;9-7-3-1-2-4-8(10)6-5-7;1-7(2)5-3-4-6-7/h5-6,9-14H,3-4H2,1-2H3;3-4,7-10,13-14H,5-6H2,1-2H3;1-2,5-6H,3-4H2;3-6H,1-2H3/b;4-3-;2-1-,6-5-;. The third-order valence-corrected chi connectivity index (χ3v) is 14.7. The second-order valence-corrected chi connectivity index (χ2v) is 18.6. The van der Waals surface area contributed by atoms with Gasteiger partial charge in [-0.25, -0.2) is 0 Å². The lowest BCUT2D eigenvalue weighted by molar-refractivity contribution is -0.184. The summed E-state index contributed by atoms with van der Waals surface area (Å²) in [4.78, 5) is 70.5. The summed E-state index contributed by atoms with van der Waals surface area (Å²) in [5.41, 5.74) is 0.662. The van der Waals surface area contributed by atoms with E-state index in [1.807, 2.05) is 12.2 Å². The van der Waals surface area contributed by atoms with Gasteiger partial charge in [0.2, 0.25) is 0 Å². The van der Waals surface area contributed by atoms with Crippen molar-refractivity contribution in [3.63, 3.8) is 0 Å². The highest BCUT2D eigenvalue weighted by Gasteiger charge is 2.81. The lowest BCUT2D eigenvalue weighted by atomic mass is 9.39. The minimum Gasteiger partial charge on any atom is -0.299 e. The first-order chi connectivity index (χ1) is 24.1. The molecule has 10 aliphatic carbocycles. The first-order valence-corrected chi connectivity index (χ1v) is 19.3. The van der Waals surface area contributed by atoms with Crippen LogP contribution in [0, 0.1) is 87.3 Å². The van der Waals surface area contributed by atoms with E-state index in [1.165, 1.54) is 12.2 Å². The van der Waals surface area contributed by atoms with Gasteiger partial charge in [0.15, 0.2) is 11.6 Å². The average Bonchev–Trinajstić information content (AvgIpc) is 3.79. The van der Waals surface area contributed by atoms with Crippen LogP contribution in [-0.4, -0.2) is 34.7 Å². The van der Waals surface area contributed by atoms with Gasteiger partial charge in [0, 0.05) is 67.6 Å². The Hall–Kier alpha value is -3.54. The molecule has 6 saturated carbocycles. The topological polar surface area (TPSA) is 102 Å². The van der Waals surface area contributed by atoms with E-state index in [1.54, 1.807) is 12.2 Å². The van der Waals surface area contributed by atoms with Crippen LogP contribution in [0.4, 0.5) is 0 Å². The monoisotopic (exact) mass is 690 g/mol. The number of allylic oxidation sites excluding steroid dienone is 12. The van der Waals surface area contributed by atoms with E-state index in [9.17, 15) is 28.8 Å². The molecule has 6 nitrogen and oxygen atoms in total. The van der Waals surface area contributed by atoms with Crippen molar-refractivity contribution in [1.82, 2.24) is 0 Å². The maximum atomic E-state index is 12.3. The average molecular weight is 691 g/mol. The third kappa shape index (κ3) is 5.83. The van der Waals surface area contributed by atoms with Crippen LogP contribution in [0.15, 0.2) is 72.9 Å². The number of fused-ring (bicyclic) bond motifs is 7. The number of hydrogen-bond donors (Lipinski definition) is 0. The van der Waals surface area contributed by atoms with E-state index in [0.717, 1.165) is 24.7 Å². The van der Waals surface area contributed by atoms with Gasteiger partial charge in [0.05, 0.1) is 0 Å². The summed E-state index contributed by atoms with van der Waals surface area (Å²) < 4.78 is 0. The van der Waals surface area contributed by atoms with Gasteiger partial charge in [-0.3, -0.25) is 28.8 Å². The lowest BCUT2D eigenvalue weighted by Gasteiger charge is -2.63. The minimum atomic E-state index is -0.0579. The molecular formula is C45H54O6. The number of rotatable bonds is 0. The summed E-state index contributed by atoms with van der Waals surface area (Å²) >= 11 is 0. The second kappa shape index (κ2) is 12.8. The van der Waals surface area contributed by atoms with Gasteiger partial charge in [-0.2, -0.15) is 0 Å². The van der Waals surface area contributed by atoms with Crippen LogP contribution < -0.4 is 0 Å². The molecule has 0 spiro atoms. The fourth-order valence-electron chi connectivity index (χ4n) is 12.6. The van der Waals surface area contributed by atoms with Crippen molar-refractivity contribution >= 4 is 34.7 Å². The third-order valence-electron chi connectivity index (χ3n) is 14.7. The molecule has 10 rings (SSSR count). The van der Waals surface area contributed by atoms with Crippen molar-refractivity contribution in [3.05, 3.63) is 72.9 Å². The number of carbonyl (C=O) groups excluding carboxylic acids is 6. The van der Waals surface area contributed by atoms with E-state index < -0.39 is 0 Å². The fourth-order valence-corrected chi connectivity index (χ4v) is 12.6.